The van der Waals surface area contributed by atoms with Crippen molar-refractivity contribution in [3.8, 4) is 0 Å². The maximum absolute atomic E-state index is 12.6. The fraction of sp³-hybridized carbons (Fsp3) is 0.708. The Morgan fingerprint density at radius 2 is 1.83 bits per heavy atom. The van der Waals surface area contributed by atoms with Crippen LogP contribution in [0.15, 0.2) is 37.0 Å². The Morgan fingerprint density at radius 3 is 2.28 bits per heavy atom. The van der Waals surface area contributed by atoms with Gasteiger partial charge in [0, 0.05) is 30.2 Å². The summed E-state index contributed by atoms with van der Waals surface area (Å²) in [5, 5.41) is 3.77. The molecule has 0 unspecified atom stereocenters. The summed E-state index contributed by atoms with van der Waals surface area (Å²) < 4.78 is 11.8. The predicted molar refractivity (Wildman–Crippen MR) is 121 cm³/mol. The van der Waals surface area contributed by atoms with Crippen molar-refractivity contribution >= 4 is 5.97 Å². The van der Waals surface area contributed by atoms with E-state index in [2.05, 4.69) is 58.0 Å². The normalized spacial score (nSPS) is 22.5. The second-order valence-electron chi connectivity index (χ2n) is 8.67. The lowest BCUT2D eigenvalue weighted by molar-refractivity contribution is -0.139. The van der Waals surface area contributed by atoms with Crippen molar-refractivity contribution < 1.29 is 14.3 Å². The number of rotatable bonds is 12. The van der Waals surface area contributed by atoms with Crippen LogP contribution in [0.1, 0.15) is 60.8 Å². The Morgan fingerprint density at radius 1 is 1.24 bits per heavy atom. The van der Waals surface area contributed by atoms with E-state index in [9.17, 15) is 4.79 Å². The molecule has 0 bridgehead atoms. The zero-order chi connectivity index (χ0) is 22.0. The molecule has 0 fully saturated rings. The van der Waals surface area contributed by atoms with Gasteiger partial charge < -0.3 is 14.8 Å². The van der Waals surface area contributed by atoms with Gasteiger partial charge in [0.15, 0.2) is 0 Å². The van der Waals surface area contributed by atoms with Crippen molar-refractivity contribution in [3.05, 3.63) is 37.0 Å². The van der Waals surface area contributed by atoms with Crippen LogP contribution >= 0.6 is 0 Å². The van der Waals surface area contributed by atoms with Gasteiger partial charge in [0.05, 0.1) is 24.9 Å². The number of hydrogen-bond acceptors (Lipinski definition) is 5. The number of nitrogens with one attached hydrogen (secondary N) is 1. The molecule has 29 heavy (non-hydrogen) atoms. The van der Waals surface area contributed by atoms with Crippen LogP contribution < -0.4 is 5.32 Å². The minimum atomic E-state index is -0.248. The fourth-order valence-corrected chi connectivity index (χ4v) is 3.86. The SMILES string of the molecule is C=CCN(CC=C)[C@H]1CC(C(=O)OCC)=C[C@H](OC(CC)CC)[C@H]1NC(C)(C)C. The Bertz CT molecular complexity index is 551. The monoisotopic (exact) mass is 406 g/mol. The number of ether oxygens (including phenoxy) is 2. The number of carbonyl (C=O) groups is 1. The van der Waals surface area contributed by atoms with E-state index in [-0.39, 0.29) is 35.8 Å². The molecule has 0 saturated carbocycles. The lowest BCUT2D eigenvalue weighted by atomic mass is 9.85. The van der Waals surface area contributed by atoms with Crippen LogP contribution in [0.5, 0.6) is 0 Å². The zero-order valence-electron chi connectivity index (χ0n) is 19.4. The van der Waals surface area contributed by atoms with Crippen LogP contribution in [-0.2, 0) is 14.3 Å². The van der Waals surface area contributed by atoms with Crippen molar-refractivity contribution in [2.24, 2.45) is 0 Å². The molecule has 1 rings (SSSR count). The second-order valence-corrected chi connectivity index (χ2v) is 8.67. The Kier molecular flexibility index (Phi) is 10.9. The molecule has 0 aromatic rings. The van der Waals surface area contributed by atoms with E-state index in [4.69, 9.17) is 9.47 Å². The Balaban J connectivity index is 3.39. The first-order chi connectivity index (χ1) is 13.7. The standard InChI is InChI=1S/C24H42N2O3/c1-9-14-26(15-10-2)20-16-18(23(27)28-13-5)17-21(29-19(11-3)12-4)22(20)25-24(6,7)8/h9-10,17,19-22,25H,1-2,11-16H2,3-8H3/t20-,21-,22-/m0/s1. The van der Waals surface area contributed by atoms with E-state index >= 15 is 0 Å². The molecule has 0 aliphatic heterocycles. The molecule has 5 heteroatoms. The number of carbonyl (C=O) groups excluding carboxylic acids is 1. The molecule has 0 amide bonds. The summed E-state index contributed by atoms with van der Waals surface area (Å²) in [5.41, 5.74) is 0.597. The predicted octanol–water partition coefficient (Wildman–Crippen LogP) is 4.25. The molecule has 0 spiro atoms. The first-order valence-electron chi connectivity index (χ1n) is 11.0. The van der Waals surface area contributed by atoms with Gasteiger partial charge >= 0.3 is 5.97 Å². The topological polar surface area (TPSA) is 50.8 Å². The lowest BCUT2D eigenvalue weighted by Crippen LogP contribution is -2.62. The highest BCUT2D eigenvalue weighted by molar-refractivity contribution is 5.89. The third kappa shape index (κ3) is 8.07. The maximum atomic E-state index is 12.6. The smallest absolute Gasteiger partial charge is 0.333 e. The summed E-state index contributed by atoms with van der Waals surface area (Å²) >= 11 is 0. The molecule has 1 aliphatic rings. The maximum Gasteiger partial charge on any atom is 0.333 e. The van der Waals surface area contributed by atoms with Gasteiger partial charge in [-0.1, -0.05) is 26.0 Å². The number of hydrogen-bond donors (Lipinski definition) is 1. The van der Waals surface area contributed by atoms with E-state index in [0.717, 1.165) is 12.8 Å². The molecule has 0 aromatic carbocycles. The minimum Gasteiger partial charge on any atom is -0.463 e. The van der Waals surface area contributed by atoms with Crippen LogP contribution in [0.4, 0.5) is 0 Å². The van der Waals surface area contributed by atoms with Gasteiger partial charge in [0.1, 0.15) is 0 Å². The molecular weight excluding hydrogens is 364 g/mol. The molecule has 166 valence electrons. The van der Waals surface area contributed by atoms with Crippen molar-refractivity contribution in [2.45, 2.75) is 90.6 Å². The van der Waals surface area contributed by atoms with Gasteiger partial charge in [0.2, 0.25) is 0 Å². The third-order valence-electron chi connectivity index (χ3n) is 5.16. The summed E-state index contributed by atoms with van der Waals surface area (Å²) in [6.07, 6.45) is 8.20. The first-order valence-corrected chi connectivity index (χ1v) is 11.0. The second kappa shape index (κ2) is 12.3. The van der Waals surface area contributed by atoms with Crippen LogP contribution in [0.25, 0.3) is 0 Å². The number of nitrogens with zero attached hydrogens (tertiary/aromatic N) is 1. The van der Waals surface area contributed by atoms with Crippen molar-refractivity contribution in [1.82, 2.24) is 10.2 Å². The summed E-state index contributed by atoms with van der Waals surface area (Å²) in [4.78, 5) is 14.9. The van der Waals surface area contributed by atoms with Gasteiger partial charge in [-0.05, 0) is 53.0 Å². The van der Waals surface area contributed by atoms with Gasteiger partial charge in [0.25, 0.3) is 0 Å². The van der Waals surface area contributed by atoms with E-state index in [1.807, 2.05) is 25.2 Å². The highest BCUT2D eigenvalue weighted by atomic mass is 16.5. The quantitative estimate of drug-likeness (QED) is 0.388. The molecule has 0 aromatic heterocycles. The van der Waals surface area contributed by atoms with Crippen molar-refractivity contribution in [1.29, 1.82) is 0 Å². The summed E-state index contributed by atoms with van der Waals surface area (Å²) in [7, 11) is 0. The Labute approximate surface area is 178 Å². The molecule has 3 atom stereocenters. The van der Waals surface area contributed by atoms with Crippen molar-refractivity contribution in [3.63, 3.8) is 0 Å². The van der Waals surface area contributed by atoms with Gasteiger partial charge in [-0.3, -0.25) is 4.90 Å². The largest absolute Gasteiger partial charge is 0.463 e. The molecule has 1 N–H and O–H groups in total. The highest BCUT2D eigenvalue weighted by Gasteiger charge is 2.41. The van der Waals surface area contributed by atoms with E-state index < -0.39 is 0 Å². The lowest BCUT2D eigenvalue weighted by Gasteiger charge is -2.45. The summed E-state index contributed by atoms with van der Waals surface area (Å²) in [5.74, 6) is -0.248. The number of esters is 1. The minimum absolute atomic E-state index is 0.0358. The zero-order valence-corrected chi connectivity index (χ0v) is 19.4. The molecular formula is C24H42N2O3. The average Bonchev–Trinajstić information content (AvgIpc) is 2.65. The average molecular weight is 407 g/mol. The van der Waals surface area contributed by atoms with E-state index in [0.29, 0.717) is 31.7 Å². The van der Waals surface area contributed by atoms with Crippen molar-refractivity contribution in [2.75, 3.05) is 19.7 Å². The fourth-order valence-electron chi connectivity index (χ4n) is 3.86. The third-order valence-corrected chi connectivity index (χ3v) is 5.16. The van der Waals surface area contributed by atoms with Gasteiger partial charge in [-0.15, -0.1) is 13.2 Å². The molecule has 0 radical (unpaired) electrons. The highest BCUT2D eigenvalue weighted by Crippen LogP contribution is 2.29. The molecule has 5 nitrogen and oxygen atoms in total. The first kappa shape index (κ1) is 25.6. The van der Waals surface area contributed by atoms with E-state index in [1.54, 1.807) is 0 Å². The van der Waals surface area contributed by atoms with E-state index in [1.165, 1.54) is 0 Å². The molecule has 0 saturated heterocycles. The Hall–Kier alpha value is -1.43. The van der Waals surface area contributed by atoms with Crippen LogP contribution in [0, 0.1) is 0 Å². The summed E-state index contributed by atoms with van der Waals surface area (Å²) in [6, 6.07) is 0.0997. The van der Waals surface area contributed by atoms with Crippen LogP contribution in [0.2, 0.25) is 0 Å². The molecule has 0 heterocycles. The van der Waals surface area contributed by atoms with Crippen LogP contribution in [0.3, 0.4) is 0 Å². The summed E-state index contributed by atoms with van der Waals surface area (Å²) in [6.45, 7) is 22.2. The van der Waals surface area contributed by atoms with Gasteiger partial charge in [-0.25, -0.2) is 4.79 Å². The molecule has 1 aliphatic carbocycles. The van der Waals surface area contributed by atoms with Crippen LogP contribution in [-0.4, -0.2) is 60.4 Å². The van der Waals surface area contributed by atoms with Gasteiger partial charge in [-0.2, -0.15) is 0 Å².